The number of benzene rings is 2. The van der Waals surface area contributed by atoms with E-state index in [4.69, 9.17) is 4.74 Å². The summed E-state index contributed by atoms with van der Waals surface area (Å²) in [5.41, 5.74) is 2.27. The summed E-state index contributed by atoms with van der Waals surface area (Å²) in [6, 6.07) is 13.1. The second kappa shape index (κ2) is 5.37. The predicted octanol–water partition coefficient (Wildman–Crippen LogP) is 3.78. The van der Waals surface area contributed by atoms with Gasteiger partial charge in [-0.3, -0.25) is 9.78 Å². The van der Waals surface area contributed by atoms with Gasteiger partial charge >= 0.3 is 0 Å². The molecule has 0 N–H and O–H groups in total. The van der Waals surface area contributed by atoms with Crippen molar-refractivity contribution in [2.24, 2.45) is 0 Å². The number of aromatic nitrogens is 1. The van der Waals surface area contributed by atoms with Crippen LogP contribution in [-0.2, 0) is 0 Å². The number of fused-ring (bicyclic) bond motifs is 1. The fourth-order valence-corrected chi connectivity index (χ4v) is 2.49. The number of ether oxygens (including phenoxy) is 1. The first kappa shape index (κ1) is 13.3. The molecule has 0 aliphatic carbocycles. The molecule has 3 nitrogen and oxygen atoms in total. The summed E-state index contributed by atoms with van der Waals surface area (Å²) >= 11 is 0. The van der Waals surface area contributed by atoms with E-state index in [2.05, 4.69) is 4.98 Å². The van der Waals surface area contributed by atoms with Crippen molar-refractivity contribution in [3.63, 3.8) is 0 Å². The zero-order chi connectivity index (χ0) is 14.8. The Hall–Kier alpha value is -2.68. The minimum absolute atomic E-state index is 0.000599. The van der Waals surface area contributed by atoms with Gasteiger partial charge in [0.05, 0.1) is 7.11 Å². The maximum Gasteiger partial charge on any atom is 0.193 e. The van der Waals surface area contributed by atoms with Gasteiger partial charge in [-0.25, -0.2) is 0 Å². The Morgan fingerprint density at radius 2 is 2.00 bits per heavy atom. The van der Waals surface area contributed by atoms with Gasteiger partial charge in [-0.2, -0.15) is 0 Å². The van der Waals surface area contributed by atoms with Crippen molar-refractivity contribution >= 4 is 16.6 Å². The van der Waals surface area contributed by atoms with Gasteiger partial charge in [-0.05, 0) is 42.1 Å². The third-order valence-corrected chi connectivity index (χ3v) is 3.59. The van der Waals surface area contributed by atoms with E-state index in [1.807, 2.05) is 43.3 Å². The Kier molecular flexibility index (Phi) is 3.40. The van der Waals surface area contributed by atoms with Gasteiger partial charge in [0, 0.05) is 28.9 Å². The van der Waals surface area contributed by atoms with Crippen LogP contribution in [-0.4, -0.2) is 17.9 Å². The second-order valence-corrected chi connectivity index (χ2v) is 4.92. The van der Waals surface area contributed by atoms with E-state index in [-0.39, 0.29) is 5.78 Å². The molecule has 0 bridgehead atoms. The molecule has 21 heavy (non-hydrogen) atoms. The average Bonchev–Trinajstić information content (AvgIpc) is 2.53. The highest BCUT2D eigenvalue weighted by molar-refractivity contribution is 6.16. The maximum absolute atomic E-state index is 12.7. The fourth-order valence-electron chi connectivity index (χ4n) is 2.49. The molecule has 3 aromatic rings. The summed E-state index contributed by atoms with van der Waals surface area (Å²) < 4.78 is 5.23. The van der Waals surface area contributed by atoms with Crippen molar-refractivity contribution in [3.8, 4) is 5.75 Å². The van der Waals surface area contributed by atoms with Crippen LogP contribution in [0.1, 0.15) is 21.5 Å². The van der Waals surface area contributed by atoms with Crippen molar-refractivity contribution in [1.82, 2.24) is 4.98 Å². The number of carbonyl (C=O) groups is 1. The molecule has 0 amide bonds. The van der Waals surface area contributed by atoms with Crippen LogP contribution >= 0.6 is 0 Å². The van der Waals surface area contributed by atoms with E-state index in [1.54, 1.807) is 25.6 Å². The highest BCUT2D eigenvalue weighted by atomic mass is 16.5. The van der Waals surface area contributed by atoms with Crippen LogP contribution in [0.4, 0.5) is 0 Å². The lowest BCUT2D eigenvalue weighted by molar-refractivity contribution is 0.104. The average molecular weight is 277 g/mol. The van der Waals surface area contributed by atoms with Crippen molar-refractivity contribution in [3.05, 3.63) is 71.5 Å². The first-order valence-corrected chi connectivity index (χ1v) is 6.73. The molecule has 1 aromatic heterocycles. The van der Waals surface area contributed by atoms with Crippen LogP contribution in [0.3, 0.4) is 0 Å². The Morgan fingerprint density at radius 1 is 1.14 bits per heavy atom. The molecule has 0 aliphatic heterocycles. The molecular weight excluding hydrogens is 262 g/mol. The van der Waals surface area contributed by atoms with Crippen LogP contribution in [0.5, 0.6) is 5.75 Å². The Bertz CT molecular complexity index is 819. The number of aryl methyl sites for hydroxylation is 1. The first-order valence-electron chi connectivity index (χ1n) is 6.73. The first-order chi connectivity index (χ1) is 10.2. The molecule has 3 rings (SSSR count). The molecule has 3 heteroatoms. The molecule has 0 unspecified atom stereocenters. The van der Waals surface area contributed by atoms with E-state index in [0.717, 1.165) is 22.1 Å². The van der Waals surface area contributed by atoms with Gasteiger partial charge < -0.3 is 4.74 Å². The summed E-state index contributed by atoms with van der Waals surface area (Å²) in [6.45, 7) is 1.93. The fraction of sp³-hybridized carbons (Fsp3) is 0.111. The number of methoxy groups -OCH3 is 1. The topological polar surface area (TPSA) is 39.2 Å². The molecule has 0 fully saturated rings. The van der Waals surface area contributed by atoms with Crippen LogP contribution in [0.2, 0.25) is 0 Å². The second-order valence-electron chi connectivity index (χ2n) is 4.92. The Labute approximate surface area is 123 Å². The maximum atomic E-state index is 12.7. The third kappa shape index (κ3) is 2.38. The molecule has 2 aromatic carbocycles. The molecule has 0 saturated heterocycles. The van der Waals surface area contributed by atoms with Crippen LogP contribution < -0.4 is 4.74 Å². The van der Waals surface area contributed by atoms with E-state index in [0.29, 0.717) is 11.1 Å². The Morgan fingerprint density at radius 3 is 2.76 bits per heavy atom. The Balaban J connectivity index is 2.10. The van der Waals surface area contributed by atoms with Gasteiger partial charge in [0.25, 0.3) is 0 Å². The van der Waals surface area contributed by atoms with Crippen LogP contribution in [0.15, 0.2) is 54.9 Å². The monoisotopic (exact) mass is 277 g/mol. The van der Waals surface area contributed by atoms with Crippen molar-refractivity contribution in [2.75, 3.05) is 7.11 Å². The van der Waals surface area contributed by atoms with Gasteiger partial charge in [-0.1, -0.05) is 18.2 Å². The molecule has 1 heterocycles. The molecule has 0 spiro atoms. The molecule has 104 valence electrons. The summed E-state index contributed by atoms with van der Waals surface area (Å²) in [5.74, 6) is 0.783. The van der Waals surface area contributed by atoms with Gasteiger partial charge in [-0.15, -0.1) is 0 Å². The lowest BCUT2D eigenvalue weighted by atomic mass is 9.97. The van der Waals surface area contributed by atoms with Crippen molar-refractivity contribution in [1.29, 1.82) is 0 Å². The van der Waals surface area contributed by atoms with Crippen molar-refractivity contribution in [2.45, 2.75) is 6.92 Å². The molecule has 0 aliphatic rings. The van der Waals surface area contributed by atoms with E-state index < -0.39 is 0 Å². The van der Waals surface area contributed by atoms with E-state index in [9.17, 15) is 4.79 Å². The zero-order valence-electron chi connectivity index (χ0n) is 12.0. The normalized spacial score (nSPS) is 10.6. The lowest BCUT2D eigenvalue weighted by Crippen LogP contribution is -2.03. The largest absolute Gasteiger partial charge is 0.496 e. The number of ketones is 1. The van der Waals surface area contributed by atoms with Crippen LogP contribution in [0.25, 0.3) is 10.8 Å². The number of pyridine rings is 1. The number of rotatable bonds is 3. The minimum Gasteiger partial charge on any atom is -0.496 e. The van der Waals surface area contributed by atoms with E-state index >= 15 is 0 Å². The summed E-state index contributed by atoms with van der Waals surface area (Å²) in [4.78, 5) is 16.9. The standard InChI is InChI=1S/C18H15NO2/c1-12-10-14(6-7-17(12)21-2)18(20)15-5-3-4-13-8-9-19-11-16(13)15/h3-11H,1-2H3. The van der Waals surface area contributed by atoms with Gasteiger partial charge in [0.1, 0.15) is 5.75 Å². The summed E-state index contributed by atoms with van der Waals surface area (Å²) in [6.07, 6.45) is 3.47. The third-order valence-electron chi connectivity index (χ3n) is 3.59. The SMILES string of the molecule is COc1ccc(C(=O)c2cccc3ccncc23)cc1C. The predicted molar refractivity (Wildman–Crippen MR) is 82.9 cm³/mol. The summed E-state index contributed by atoms with van der Waals surface area (Å²) in [5, 5.41) is 1.89. The lowest BCUT2D eigenvalue weighted by Gasteiger charge is -2.08. The molecular formula is C18H15NO2. The van der Waals surface area contributed by atoms with E-state index in [1.165, 1.54) is 0 Å². The summed E-state index contributed by atoms with van der Waals surface area (Å²) in [7, 11) is 1.63. The van der Waals surface area contributed by atoms with Crippen LogP contribution in [0, 0.1) is 6.92 Å². The van der Waals surface area contributed by atoms with Crippen molar-refractivity contribution < 1.29 is 9.53 Å². The minimum atomic E-state index is -0.000599. The number of nitrogens with zero attached hydrogens (tertiary/aromatic N) is 1. The quantitative estimate of drug-likeness (QED) is 0.684. The number of hydrogen-bond donors (Lipinski definition) is 0. The molecule has 0 saturated carbocycles. The molecule has 0 radical (unpaired) electrons. The molecule has 0 atom stereocenters. The zero-order valence-corrected chi connectivity index (χ0v) is 12.0. The highest BCUT2D eigenvalue weighted by Gasteiger charge is 2.13. The number of carbonyl (C=O) groups excluding carboxylic acids is 1. The van der Waals surface area contributed by atoms with Gasteiger partial charge in [0.15, 0.2) is 5.78 Å². The highest BCUT2D eigenvalue weighted by Crippen LogP contribution is 2.24. The smallest absolute Gasteiger partial charge is 0.193 e. The number of hydrogen-bond acceptors (Lipinski definition) is 3. The van der Waals surface area contributed by atoms with Gasteiger partial charge in [0.2, 0.25) is 0 Å².